The zero-order valence-electron chi connectivity index (χ0n) is 13.5. The Morgan fingerprint density at radius 1 is 1.48 bits per heavy atom. The van der Waals surface area contributed by atoms with Crippen LogP contribution in [0.1, 0.15) is 30.1 Å². The lowest BCUT2D eigenvalue weighted by Gasteiger charge is -2.23. The third kappa shape index (κ3) is 5.44. The number of ether oxygens (including phenoxy) is 2. The smallest absolute Gasteiger partial charge is 0.251 e. The second kappa shape index (κ2) is 9.85. The molecule has 0 radical (unpaired) electrons. The van der Waals surface area contributed by atoms with E-state index in [0.29, 0.717) is 41.2 Å². The molecule has 130 valence electrons. The van der Waals surface area contributed by atoms with Gasteiger partial charge in [-0.1, -0.05) is 11.6 Å². The zero-order valence-corrected chi connectivity index (χ0v) is 15.1. The number of nitrogens with one attached hydrogen (secondary N) is 2. The molecule has 0 bridgehead atoms. The molecule has 1 heterocycles. The van der Waals surface area contributed by atoms with Gasteiger partial charge in [0.2, 0.25) is 0 Å². The number of methoxy groups -OCH3 is 1. The molecule has 0 aromatic heterocycles. The molecule has 1 aliphatic heterocycles. The predicted octanol–water partition coefficient (Wildman–Crippen LogP) is 2.90. The first kappa shape index (κ1) is 19.9. The van der Waals surface area contributed by atoms with Gasteiger partial charge in [0.15, 0.2) is 11.5 Å². The fraction of sp³-hybridized carbons (Fsp3) is 0.562. The van der Waals surface area contributed by atoms with Crippen LogP contribution in [-0.2, 0) is 0 Å². The second-order valence-corrected chi connectivity index (χ2v) is 5.75. The number of halogens is 2. The van der Waals surface area contributed by atoms with Crippen LogP contribution >= 0.6 is 24.0 Å². The summed E-state index contributed by atoms with van der Waals surface area (Å²) in [5, 5.41) is 6.68. The molecule has 1 aromatic rings. The largest absolute Gasteiger partial charge is 0.493 e. The minimum Gasteiger partial charge on any atom is -0.493 e. The molecule has 2 N–H and O–H groups in total. The highest BCUT2D eigenvalue weighted by Crippen LogP contribution is 2.36. The molecular weight excluding hydrogens is 339 g/mol. The average molecular weight is 363 g/mol. The van der Waals surface area contributed by atoms with Crippen molar-refractivity contribution in [1.29, 1.82) is 0 Å². The lowest BCUT2D eigenvalue weighted by molar-refractivity contribution is 0.0944. The van der Waals surface area contributed by atoms with Gasteiger partial charge in [-0.25, -0.2) is 0 Å². The maximum atomic E-state index is 12.3. The minimum absolute atomic E-state index is 0. The van der Waals surface area contributed by atoms with E-state index in [1.165, 1.54) is 7.11 Å². The van der Waals surface area contributed by atoms with E-state index in [1.807, 2.05) is 6.92 Å². The van der Waals surface area contributed by atoms with Crippen LogP contribution < -0.4 is 20.1 Å². The number of hydrogen-bond acceptors (Lipinski definition) is 4. The highest BCUT2D eigenvalue weighted by molar-refractivity contribution is 6.32. The molecule has 0 saturated carbocycles. The van der Waals surface area contributed by atoms with Crippen LogP contribution in [0, 0.1) is 5.92 Å². The topological polar surface area (TPSA) is 59.6 Å². The Hall–Kier alpha value is -1.17. The molecule has 0 spiro atoms. The van der Waals surface area contributed by atoms with Crippen molar-refractivity contribution in [3.63, 3.8) is 0 Å². The van der Waals surface area contributed by atoms with Gasteiger partial charge in [0, 0.05) is 12.1 Å². The lowest BCUT2D eigenvalue weighted by atomic mass is 9.99. The highest BCUT2D eigenvalue weighted by atomic mass is 35.5. The van der Waals surface area contributed by atoms with Gasteiger partial charge in [-0.2, -0.15) is 0 Å². The SMILES string of the molecule is CCOc1c(Cl)cc(C(=O)NCC2CCCNC2)cc1OC.Cl. The van der Waals surface area contributed by atoms with Gasteiger partial charge in [0.1, 0.15) is 0 Å². The predicted molar refractivity (Wildman–Crippen MR) is 94.3 cm³/mol. The highest BCUT2D eigenvalue weighted by Gasteiger charge is 2.18. The molecule has 1 unspecified atom stereocenters. The van der Waals surface area contributed by atoms with E-state index < -0.39 is 0 Å². The van der Waals surface area contributed by atoms with Crippen molar-refractivity contribution in [3.05, 3.63) is 22.7 Å². The van der Waals surface area contributed by atoms with Gasteiger partial charge < -0.3 is 20.1 Å². The van der Waals surface area contributed by atoms with Crippen LogP contribution in [0.3, 0.4) is 0 Å². The van der Waals surface area contributed by atoms with Crippen LogP contribution in [0.4, 0.5) is 0 Å². The minimum atomic E-state index is -0.145. The van der Waals surface area contributed by atoms with Crippen molar-refractivity contribution in [3.8, 4) is 11.5 Å². The number of rotatable bonds is 6. The molecule has 1 atom stereocenters. The first-order valence-electron chi connectivity index (χ1n) is 7.65. The van der Waals surface area contributed by atoms with Crippen LogP contribution in [0.15, 0.2) is 12.1 Å². The summed E-state index contributed by atoms with van der Waals surface area (Å²) in [5.74, 6) is 1.28. The Morgan fingerprint density at radius 2 is 2.26 bits per heavy atom. The van der Waals surface area contributed by atoms with Gasteiger partial charge in [-0.15, -0.1) is 12.4 Å². The Morgan fingerprint density at radius 3 is 2.87 bits per heavy atom. The van der Waals surface area contributed by atoms with Crippen molar-refractivity contribution in [1.82, 2.24) is 10.6 Å². The molecule has 1 aromatic carbocycles. The van der Waals surface area contributed by atoms with Crippen LogP contribution in [0.25, 0.3) is 0 Å². The van der Waals surface area contributed by atoms with Crippen molar-refractivity contribution in [2.45, 2.75) is 19.8 Å². The fourth-order valence-corrected chi connectivity index (χ4v) is 2.84. The van der Waals surface area contributed by atoms with Gasteiger partial charge in [0.25, 0.3) is 5.91 Å². The first-order chi connectivity index (χ1) is 10.7. The van der Waals surface area contributed by atoms with E-state index >= 15 is 0 Å². The summed E-state index contributed by atoms with van der Waals surface area (Å²) >= 11 is 6.19. The summed E-state index contributed by atoms with van der Waals surface area (Å²) in [4.78, 5) is 12.3. The molecule has 1 amide bonds. The van der Waals surface area contributed by atoms with E-state index in [9.17, 15) is 4.79 Å². The van der Waals surface area contributed by atoms with E-state index in [2.05, 4.69) is 10.6 Å². The van der Waals surface area contributed by atoms with Crippen molar-refractivity contribution < 1.29 is 14.3 Å². The zero-order chi connectivity index (χ0) is 15.9. The number of hydrogen-bond donors (Lipinski definition) is 2. The van der Waals surface area contributed by atoms with E-state index in [-0.39, 0.29) is 18.3 Å². The molecule has 2 rings (SSSR count). The second-order valence-electron chi connectivity index (χ2n) is 5.34. The average Bonchev–Trinajstić information content (AvgIpc) is 2.55. The third-order valence-electron chi connectivity index (χ3n) is 3.73. The van der Waals surface area contributed by atoms with Gasteiger partial charge >= 0.3 is 0 Å². The normalized spacial score (nSPS) is 17.1. The number of amides is 1. The Bertz CT molecular complexity index is 520. The monoisotopic (exact) mass is 362 g/mol. The summed E-state index contributed by atoms with van der Waals surface area (Å²) in [6.07, 6.45) is 2.30. The van der Waals surface area contributed by atoms with E-state index in [1.54, 1.807) is 12.1 Å². The van der Waals surface area contributed by atoms with E-state index in [0.717, 1.165) is 25.9 Å². The van der Waals surface area contributed by atoms with Crippen LogP contribution in [0.2, 0.25) is 5.02 Å². The molecule has 23 heavy (non-hydrogen) atoms. The van der Waals surface area contributed by atoms with Crippen LogP contribution in [0.5, 0.6) is 11.5 Å². The van der Waals surface area contributed by atoms with Crippen LogP contribution in [-0.4, -0.2) is 39.3 Å². The molecule has 0 aliphatic carbocycles. The van der Waals surface area contributed by atoms with Crippen molar-refractivity contribution in [2.24, 2.45) is 5.92 Å². The molecular formula is C16H24Cl2N2O3. The van der Waals surface area contributed by atoms with Gasteiger partial charge in [-0.3, -0.25) is 4.79 Å². The van der Waals surface area contributed by atoms with Crippen molar-refractivity contribution in [2.75, 3.05) is 33.4 Å². The maximum absolute atomic E-state index is 12.3. The summed E-state index contributed by atoms with van der Waals surface area (Å²) in [5.41, 5.74) is 0.481. The molecule has 7 heteroatoms. The summed E-state index contributed by atoms with van der Waals surface area (Å²) in [7, 11) is 1.53. The van der Waals surface area contributed by atoms with Gasteiger partial charge in [0.05, 0.1) is 18.7 Å². The molecule has 1 aliphatic rings. The van der Waals surface area contributed by atoms with E-state index in [4.69, 9.17) is 21.1 Å². The summed E-state index contributed by atoms with van der Waals surface area (Å²) in [6, 6.07) is 3.27. The number of piperidine rings is 1. The molecule has 1 fully saturated rings. The number of benzene rings is 1. The molecule has 1 saturated heterocycles. The standard InChI is InChI=1S/C16H23ClN2O3.ClH/c1-3-22-15-13(17)7-12(8-14(15)21-2)16(20)19-10-11-5-4-6-18-9-11;/h7-8,11,18H,3-6,9-10H2,1-2H3,(H,19,20);1H. The Kier molecular flexibility index (Phi) is 8.52. The number of carbonyl (C=O) groups excluding carboxylic acids is 1. The number of carbonyl (C=O) groups is 1. The molecule has 5 nitrogen and oxygen atoms in total. The summed E-state index contributed by atoms with van der Waals surface area (Å²) in [6.45, 7) is 5.04. The third-order valence-corrected chi connectivity index (χ3v) is 4.01. The Labute approximate surface area is 148 Å². The fourth-order valence-electron chi connectivity index (χ4n) is 2.57. The van der Waals surface area contributed by atoms with Crippen molar-refractivity contribution >= 4 is 29.9 Å². The summed E-state index contributed by atoms with van der Waals surface area (Å²) < 4.78 is 10.7. The maximum Gasteiger partial charge on any atom is 0.251 e. The first-order valence-corrected chi connectivity index (χ1v) is 8.02. The lowest BCUT2D eigenvalue weighted by Crippen LogP contribution is -2.38. The quantitative estimate of drug-likeness (QED) is 0.816. The van der Waals surface area contributed by atoms with Gasteiger partial charge in [-0.05, 0) is 50.9 Å². The Balaban J connectivity index is 0.00000264.